The van der Waals surface area contributed by atoms with Crippen LogP contribution < -0.4 is 4.74 Å². The molecule has 0 saturated carbocycles. The molecule has 0 unspecified atom stereocenters. The molecular weight excluding hydrogens is 338 g/mol. The maximum absolute atomic E-state index is 10.0. The van der Waals surface area contributed by atoms with Crippen LogP contribution in [0, 0.1) is 0 Å². The molecule has 1 fully saturated rings. The number of aliphatic hydroxyl groups is 3. The summed E-state index contributed by atoms with van der Waals surface area (Å²) in [7, 11) is 0. The fourth-order valence-corrected chi connectivity index (χ4v) is 3.60. The first-order valence-corrected chi connectivity index (χ1v) is 8.53. The first-order valence-electron chi connectivity index (χ1n) is 7.10. The van der Waals surface area contributed by atoms with E-state index in [0.29, 0.717) is 16.7 Å². The molecule has 23 heavy (non-hydrogen) atoms. The fraction of sp³-hybridized carbons (Fsp3) is 0.312. The van der Waals surface area contributed by atoms with E-state index < -0.39 is 23.7 Å². The van der Waals surface area contributed by atoms with Gasteiger partial charge in [-0.05, 0) is 24.3 Å². The molecule has 3 N–H and O–H groups in total. The summed E-state index contributed by atoms with van der Waals surface area (Å²) >= 11 is 7.17. The highest BCUT2D eigenvalue weighted by Crippen LogP contribution is 2.31. The molecule has 4 atom stereocenters. The number of hydrogen-bond donors (Lipinski definition) is 3. The number of halogens is 1. The second kappa shape index (κ2) is 7.07. The minimum absolute atomic E-state index is 0.304. The number of pyridine rings is 1. The van der Waals surface area contributed by atoms with Crippen LogP contribution in [0.25, 0.3) is 11.3 Å². The van der Waals surface area contributed by atoms with Gasteiger partial charge in [-0.2, -0.15) is 0 Å². The maximum atomic E-state index is 10.0. The first-order chi connectivity index (χ1) is 11.0. The van der Waals surface area contributed by atoms with Crippen LogP contribution in [0.1, 0.15) is 0 Å². The predicted molar refractivity (Wildman–Crippen MR) is 89.6 cm³/mol. The molecule has 2 aromatic rings. The lowest BCUT2D eigenvalue weighted by atomic mass is 10.1. The Labute approximate surface area is 142 Å². The van der Waals surface area contributed by atoms with Crippen LogP contribution in [0.4, 0.5) is 0 Å². The summed E-state index contributed by atoms with van der Waals surface area (Å²) in [5.41, 5.74) is 0.909. The van der Waals surface area contributed by atoms with Gasteiger partial charge < -0.3 is 20.1 Å². The van der Waals surface area contributed by atoms with Gasteiger partial charge in [0.2, 0.25) is 0 Å². The van der Waals surface area contributed by atoms with Gasteiger partial charge in [-0.15, -0.1) is 11.8 Å². The van der Waals surface area contributed by atoms with Crippen LogP contribution in [0.15, 0.2) is 42.5 Å². The second-order valence-electron chi connectivity index (χ2n) is 5.24. The van der Waals surface area contributed by atoms with Gasteiger partial charge in [0.1, 0.15) is 23.1 Å². The average Bonchev–Trinajstić information content (AvgIpc) is 2.56. The quantitative estimate of drug-likeness (QED) is 0.731. The van der Waals surface area contributed by atoms with E-state index in [1.165, 1.54) is 11.8 Å². The zero-order valence-corrected chi connectivity index (χ0v) is 13.6. The van der Waals surface area contributed by atoms with Gasteiger partial charge in [0.15, 0.2) is 5.44 Å². The SMILES string of the molecule is O[C@@H]1[C@@H](O)[C@@H](Oc2cccc(-c3cccc(Cl)n3)c2)SC[C@H]1O. The second-order valence-corrected chi connectivity index (χ2v) is 6.76. The molecule has 1 aliphatic rings. The topological polar surface area (TPSA) is 82.8 Å². The van der Waals surface area contributed by atoms with Crippen molar-refractivity contribution in [2.24, 2.45) is 0 Å². The van der Waals surface area contributed by atoms with Crippen molar-refractivity contribution in [2.75, 3.05) is 5.75 Å². The number of benzene rings is 1. The van der Waals surface area contributed by atoms with Gasteiger partial charge in [0.25, 0.3) is 0 Å². The highest BCUT2D eigenvalue weighted by Gasteiger charge is 2.38. The van der Waals surface area contributed by atoms with Crippen LogP contribution in [0.2, 0.25) is 5.15 Å². The number of rotatable bonds is 3. The van der Waals surface area contributed by atoms with E-state index in [0.717, 1.165) is 11.3 Å². The Morgan fingerprint density at radius 2 is 1.87 bits per heavy atom. The largest absolute Gasteiger partial charge is 0.477 e. The minimum atomic E-state index is -1.21. The Hall–Kier alpha value is -1.31. The summed E-state index contributed by atoms with van der Waals surface area (Å²) in [4.78, 5) is 4.25. The zero-order chi connectivity index (χ0) is 16.4. The van der Waals surface area contributed by atoms with E-state index in [2.05, 4.69) is 4.98 Å². The number of aliphatic hydroxyl groups excluding tert-OH is 3. The van der Waals surface area contributed by atoms with Gasteiger partial charge in [0.05, 0.1) is 11.8 Å². The third-order valence-electron chi connectivity index (χ3n) is 3.55. The Morgan fingerprint density at radius 1 is 1.09 bits per heavy atom. The molecule has 0 amide bonds. The lowest BCUT2D eigenvalue weighted by Gasteiger charge is -2.34. The molecule has 3 rings (SSSR count). The molecule has 5 nitrogen and oxygen atoms in total. The highest BCUT2D eigenvalue weighted by atomic mass is 35.5. The number of thioether (sulfide) groups is 1. The van der Waals surface area contributed by atoms with E-state index in [1.807, 2.05) is 24.3 Å². The van der Waals surface area contributed by atoms with Crippen molar-refractivity contribution in [2.45, 2.75) is 23.7 Å². The number of nitrogens with zero attached hydrogens (tertiary/aromatic N) is 1. The van der Waals surface area contributed by atoms with Gasteiger partial charge in [0, 0.05) is 11.3 Å². The molecule has 2 heterocycles. The predicted octanol–water partition coefficient (Wildman–Crippen LogP) is 1.94. The molecule has 122 valence electrons. The van der Waals surface area contributed by atoms with Crippen LogP contribution in [0.5, 0.6) is 5.75 Å². The minimum Gasteiger partial charge on any atom is -0.477 e. The summed E-state index contributed by atoms with van der Waals surface area (Å²) in [5.74, 6) is 0.850. The van der Waals surface area contributed by atoms with Gasteiger partial charge in [-0.25, -0.2) is 4.98 Å². The summed E-state index contributed by atoms with van der Waals surface area (Å²) in [6, 6.07) is 12.6. The fourth-order valence-electron chi connectivity index (χ4n) is 2.31. The van der Waals surface area contributed by atoms with E-state index in [9.17, 15) is 15.3 Å². The van der Waals surface area contributed by atoms with Crippen molar-refractivity contribution in [3.05, 3.63) is 47.6 Å². The van der Waals surface area contributed by atoms with Crippen molar-refractivity contribution in [1.29, 1.82) is 0 Å². The van der Waals surface area contributed by atoms with Crippen LogP contribution >= 0.6 is 23.4 Å². The van der Waals surface area contributed by atoms with Crippen LogP contribution in [-0.2, 0) is 0 Å². The molecule has 0 bridgehead atoms. The zero-order valence-electron chi connectivity index (χ0n) is 12.0. The molecule has 1 aliphatic heterocycles. The van der Waals surface area contributed by atoms with Crippen molar-refractivity contribution in [1.82, 2.24) is 4.98 Å². The van der Waals surface area contributed by atoms with Crippen molar-refractivity contribution >= 4 is 23.4 Å². The van der Waals surface area contributed by atoms with Gasteiger partial charge in [-0.1, -0.05) is 29.8 Å². The standard InChI is InChI=1S/C16H16ClNO4S/c17-13-6-2-5-11(18-13)9-3-1-4-10(7-9)22-16-15(21)14(20)12(19)8-23-16/h1-7,12,14-16,19-21H,8H2/t12-,14+,15-,16+/m1/s1. The van der Waals surface area contributed by atoms with Gasteiger partial charge in [-0.3, -0.25) is 0 Å². The van der Waals surface area contributed by atoms with Crippen LogP contribution in [0.3, 0.4) is 0 Å². The van der Waals surface area contributed by atoms with Crippen molar-refractivity contribution < 1.29 is 20.1 Å². The van der Waals surface area contributed by atoms with E-state index in [4.69, 9.17) is 16.3 Å². The molecule has 1 aromatic heterocycles. The van der Waals surface area contributed by atoms with Gasteiger partial charge >= 0.3 is 0 Å². The van der Waals surface area contributed by atoms with Crippen molar-refractivity contribution in [3.63, 3.8) is 0 Å². The molecule has 1 aromatic carbocycles. The Bertz CT molecular complexity index is 687. The average molecular weight is 354 g/mol. The van der Waals surface area contributed by atoms with E-state index in [-0.39, 0.29) is 0 Å². The molecule has 0 aliphatic carbocycles. The molecular formula is C16H16ClNO4S. The lowest BCUT2D eigenvalue weighted by molar-refractivity contribution is -0.0786. The third-order valence-corrected chi connectivity index (χ3v) is 5.00. The summed E-state index contributed by atoms with van der Waals surface area (Å²) in [6.45, 7) is 0. The molecule has 0 radical (unpaired) electrons. The first kappa shape index (κ1) is 16.5. The Balaban J connectivity index is 1.78. The smallest absolute Gasteiger partial charge is 0.173 e. The summed E-state index contributed by atoms with van der Waals surface area (Å²) in [5, 5.41) is 29.7. The highest BCUT2D eigenvalue weighted by molar-refractivity contribution is 7.99. The molecule has 1 saturated heterocycles. The van der Waals surface area contributed by atoms with E-state index in [1.54, 1.807) is 18.2 Å². The molecule has 7 heteroatoms. The van der Waals surface area contributed by atoms with Crippen molar-refractivity contribution in [3.8, 4) is 17.0 Å². The number of hydrogen-bond acceptors (Lipinski definition) is 6. The Morgan fingerprint density at radius 3 is 2.65 bits per heavy atom. The number of ether oxygens (including phenoxy) is 1. The van der Waals surface area contributed by atoms with Crippen LogP contribution in [-0.4, -0.2) is 49.8 Å². The molecule has 0 spiro atoms. The van der Waals surface area contributed by atoms with E-state index >= 15 is 0 Å². The Kier molecular flexibility index (Phi) is 5.08. The monoisotopic (exact) mass is 353 g/mol. The lowest BCUT2D eigenvalue weighted by Crippen LogP contribution is -2.50. The number of aromatic nitrogens is 1. The summed E-state index contributed by atoms with van der Waals surface area (Å²) in [6.07, 6.45) is -3.31. The summed E-state index contributed by atoms with van der Waals surface area (Å²) < 4.78 is 5.76. The maximum Gasteiger partial charge on any atom is 0.173 e. The third kappa shape index (κ3) is 3.79. The normalized spacial score (nSPS) is 27.7.